The van der Waals surface area contributed by atoms with Crippen LogP contribution in [0.5, 0.6) is 0 Å². The van der Waals surface area contributed by atoms with E-state index in [1.807, 2.05) is 78.9 Å². The molecule has 0 aliphatic carbocycles. The lowest BCUT2D eigenvalue weighted by atomic mass is 10.1. The Balaban J connectivity index is 1.21. The van der Waals surface area contributed by atoms with Gasteiger partial charge in [-0.1, -0.05) is 94.0 Å². The van der Waals surface area contributed by atoms with Crippen molar-refractivity contribution in [2.45, 2.75) is 78.4 Å². The van der Waals surface area contributed by atoms with Crippen LogP contribution in [-0.4, -0.2) is 28.2 Å². The van der Waals surface area contributed by atoms with Crippen molar-refractivity contribution < 1.29 is 9.47 Å². The number of rotatable bonds is 16. The fraction of sp³-hybridized carbons (Fsp3) is 0.286. The predicted molar refractivity (Wildman–Crippen MR) is 219 cm³/mol. The average Bonchev–Trinajstić information content (AvgIpc) is 3.22. The third-order valence-electron chi connectivity index (χ3n) is 8.64. The van der Waals surface area contributed by atoms with Crippen molar-refractivity contribution in [3.05, 3.63) is 136 Å². The molecule has 3 aromatic heterocycles. The smallest absolute Gasteiger partial charge is 0.0894 e. The third-order valence-corrected chi connectivity index (χ3v) is 8.64. The molecule has 0 saturated heterocycles. The number of nitrogens with zero attached hydrogens (tertiary/aromatic N) is 3. The highest BCUT2D eigenvalue weighted by Gasteiger charge is 2.07. The van der Waals surface area contributed by atoms with Crippen molar-refractivity contribution in [1.82, 2.24) is 15.0 Å². The van der Waals surface area contributed by atoms with Crippen molar-refractivity contribution in [3.63, 3.8) is 0 Å². The third kappa shape index (κ3) is 12.6. The Morgan fingerprint density at radius 2 is 0.926 bits per heavy atom. The maximum absolute atomic E-state index is 5.88. The highest BCUT2D eigenvalue weighted by molar-refractivity contribution is 5.63. The van der Waals surface area contributed by atoms with Gasteiger partial charge in [-0.05, 0) is 96.8 Å². The van der Waals surface area contributed by atoms with Crippen LogP contribution in [-0.2, 0) is 22.7 Å². The van der Waals surface area contributed by atoms with Gasteiger partial charge in [0.05, 0.1) is 36.0 Å². The van der Waals surface area contributed by atoms with Crippen LogP contribution in [0.25, 0.3) is 22.8 Å². The molecule has 5 rings (SSSR count). The number of benzene rings is 2. The van der Waals surface area contributed by atoms with E-state index in [1.165, 1.54) is 38.5 Å². The Hall–Kier alpha value is -5.95. The quantitative estimate of drug-likeness (QED) is 0.0754. The van der Waals surface area contributed by atoms with Crippen molar-refractivity contribution in [2.75, 3.05) is 13.2 Å². The number of ether oxygens (including phenoxy) is 2. The molecule has 3 heterocycles. The fourth-order valence-electron chi connectivity index (χ4n) is 5.75. The molecular formula is C49H47N3O2. The van der Waals surface area contributed by atoms with E-state index in [4.69, 9.17) is 27.3 Å². The van der Waals surface area contributed by atoms with Gasteiger partial charge in [-0.15, -0.1) is 12.8 Å². The average molecular weight is 710 g/mol. The lowest BCUT2D eigenvalue weighted by Gasteiger charge is -2.06. The first-order valence-corrected chi connectivity index (χ1v) is 18.9. The molecule has 270 valence electrons. The Labute approximate surface area is 322 Å². The van der Waals surface area contributed by atoms with Crippen LogP contribution in [0.3, 0.4) is 0 Å². The van der Waals surface area contributed by atoms with Gasteiger partial charge in [0.1, 0.15) is 0 Å². The minimum absolute atomic E-state index is 0.520. The zero-order valence-electron chi connectivity index (χ0n) is 31.5. The Bertz CT molecular complexity index is 2030. The van der Waals surface area contributed by atoms with Gasteiger partial charge in [-0.2, -0.15) is 0 Å². The summed E-state index contributed by atoms with van der Waals surface area (Å²) in [6.07, 6.45) is 24.4. The Morgan fingerprint density at radius 3 is 1.33 bits per heavy atom. The summed E-state index contributed by atoms with van der Waals surface area (Å²) in [6.45, 7) is 6.95. The lowest BCUT2D eigenvalue weighted by Crippen LogP contribution is -1.97. The van der Waals surface area contributed by atoms with E-state index < -0.39 is 0 Å². The normalized spacial score (nSPS) is 10.4. The van der Waals surface area contributed by atoms with Crippen molar-refractivity contribution >= 4 is 0 Å². The van der Waals surface area contributed by atoms with Gasteiger partial charge in [-0.25, -0.2) is 4.98 Å². The van der Waals surface area contributed by atoms with Crippen LogP contribution in [0.1, 0.15) is 110 Å². The summed E-state index contributed by atoms with van der Waals surface area (Å²) in [4.78, 5) is 14.2. The van der Waals surface area contributed by atoms with Crippen LogP contribution in [0, 0.1) is 48.4 Å². The summed E-state index contributed by atoms with van der Waals surface area (Å²) in [7, 11) is 0. The Morgan fingerprint density at radius 1 is 0.481 bits per heavy atom. The largest absolute Gasteiger partial charge is 0.377 e. The minimum Gasteiger partial charge on any atom is -0.377 e. The van der Waals surface area contributed by atoms with Crippen molar-refractivity contribution in [3.8, 4) is 71.1 Å². The van der Waals surface area contributed by atoms with Gasteiger partial charge >= 0.3 is 0 Å². The maximum Gasteiger partial charge on any atom is 0.0894 e. The van der Waals surface area contributed by atoms with Crippen LogP contribution >= 0.6 is 0 Å². The molecule has 0 N–H and O–H groups in total. The number of aromatic nitrogens is 3. The number of terminal acetylenes is 2. The molecule has 0 aliphatic rings. The number of hydrogen-bond donors (Lipinski definition) is 0. The Kier molecular flexibility index (Phi) is 15.7. The molecule has 0 fully saturated rings. The van der Waals surface area contributed by atoms with Crippen molar-refractivity contribution in [1.29, 1.82) is 0 Å². The summed E-state index contributed by atoms with van der Waals surface area (Å²) in [6, 6.07) is 25.5. The number of pyridine rings is 3. The van der Waals surface area contributed by atoms with Crippen molar-refractivity contribution in [2.24, 2.45) is 0 Å². The standard InChI is InChI=1S/C49H47N3O2/c1-5-9-11-13-26-53-36-44-30-38(7-3)28-42(32-44)20-18-40-22-24-46(50-34-40)48-16-15-17-49(52-48)47-25-23-41(35-51-47)19-21-43-29-39(8-4)31-45(33-43)37-54-27-14-12-10-6-2/h3-4,15-17,22-25,28-35H,5-6,9-14,26-27,36-37H2,1-2H3. The maximum atomic E-state index is 5.88. The predicted octanol–water partition coefficient (Wildman–Crippen LogP) is 10.2. The fourth-order valence-corrected chi connectivity index (χ4v) is 5.75. The first-order valence-electron chi connectivity index (χ1n) is 18.9. The molecule has 0 saturated carbocycles. The topological polar surface area (TPSA) is 57.1 Å². The molecule has 5 nitrogen and oxygen atoms in total. The molecule has 54 heavy (non-hydrogen) atoms. The van der Waals surface area contributed by atoms with Crippen LogP contribution in [0.2, 0.25) is 0 Å². The van der Waals surface area contributed by atoms with Gasteiger partial charge in [0.15, 0.2) is 0 Å². The summed E-state index contributed by atoms with van der Waals surface area (Å²) in [5, 5.41) is 0. The molecule has 0 unspecified atom stereocenters. The number of hydrogen-bond acceptors (Lipinski definition) is 5. The van der Waals surface area contributed by atoms with Gasteiger partial charge < -0.3 is 9.47 Å². The second-order valence-electron chi connectivity index (χ2n) is 13.1. The van der Waals surface area contributed by atoms with E-state index in [2.05, 4.69) is 59.3 Å². The van der Waals surface area contributed by atoms with E-state index in [-0.39, 0.29) is 0 Å². The molecule has 0 amide bonds. The molecular weight excluding hydrogens is 663 g/mol. The first-order chi connectivity index (χ1) is 26.6. The summed E-state index contributed by atoms with van der Waals surface area (Å²) < 4.78 is 11.8. The molecule has 0 aliphatic heterocycles. The second kappa shape index (κ2) is 21.5. The van der Waals surface area contributed by atoms with Crippen LogP contribution in [0.4, 0.5) is 0 Å². The molecule has 0 atom stereocenters. The molecule has 0 bridgehead atoms. The van der Waals surface area contributed by atoms with Gasteiger partial charge in [0.25, 0.3) is 0 Å². The summed E-state index contributed by atoms with van der Waals surface area (Å²) >= 11 is 0. The molecule has 2 aromatic carbocycles. The second-order valence-corrected chi connectivity index (χ2v) is 13.1. The van der Waals surface area contributed by atoms with E-state index in [9.17, 15) is 0 Å². The minimum atomic E-state index is 0.520. The van der Waals surface area contributed by atoms with E-state index in [0.717, 1.165) is 93.3 Å². The molecule has 5 aromatic rings. The monoisotopic (exact) mass is 709 g/mol. The zero-order chi connectivity index (χ0) is 37.8. The molecule has 0 spiro atoms. The van der Waals surface area contributed by atoms with Crippen LogP contribution in [0.15, 0.2) is 91.3 Å². The highest BCUT2D eigenvalue weighted by Crippen LogP contribution is 2.21. The zero-order valence-corrected chi connectivity index (χ0v) is 31.5. The lowest BCUT2D eigenvalue weighted by molar-refractivity contribution is 0.116. The van der Waals surface area contributed by atoms with Gasteiger partial charge in [0, 0.05) is 59.0 Å². The SMILES string of the molecule is C#Cc1cc(C#Cc2ccc(-c3cccc(-c4ccc(C#Cc5cc(C#C)cc(COCCCCCC)c5)cn4)n3)nc2)cc(COCCCCCC)c1. The van der Waals surface area contributed by atoms with Gasteiger partial charge in [0.2, 0.25) is 0 Å². The first kappa shape index (κ1) is 39.3. The summed E-state index contributed by atoms with van der Waals surface area (Å²) in [5.74, 6) is 18.4. The summed E-state index contributed by atoms with van der Waals surface area (Å²) in [5.41, 5.74) is 9.88. The molecule has 5 heteroatoms. The molecule has 0 radical (unpaired) electrons. The van der Waals surface area contributed by atoms with E-state index >= 15 is 0 Å². The number of unbranched alkanes of at least 4 members (excludes halogenated alkanes) is 6. The van der Waals surface area contributed by atoms with E-state index in [1.54, 1.807) is 12.4 Å². The highest BCUT2D eigenvalue weighted by atomic mass is 16.5. The van der Waals surface area contributed by atoms with E-state index in [0.29, 0.717) is 13.2 Å². The van der Waals surface area contributed by atoms with Gasteiger partial charge in [-0.3, -0.25) is 9.97 Å². The van der Waals surface area contributed by atoms with Crippen LogP contribution < -0.4 is 0 Å².